The van der Waals surface area contributed by atoms with Gasteiger partial charge in [-0.2, -0.15) is 4.31 Å². The lowest BCUT2D eigenvalue weighted by molar-refractivity contribution is -0.384. The summed E-state index contributed by atoms with van der Waals surface area (Å²) in [7, 11) is -3.82. The van der Waals surface area contributed by atoms with Gasteiger partial charge in [0.25, 0.3) is 5.69 Å². The molecule has 0 bridgehead atoms. The van der Waals surface area contributed by atoms with E-state index in [2.05, 4.69) is 12.1 Å². The Bertz CT molecular complexity index is 1290. The molecule has 2 heterocycles. The summed E-state index contributed by atoms with van der Waals surface area (Å²) in [4.78, 5) is 39.4. The number of sulfonamides is 1. The Morgan fingerprint density at radius 1 is 0.971 bits per heavy atom. The molecule has 3 aliphatic rings. The summed E-state index contributed by atoms with van der Waals surface area (Å²) in [6, 6.07) is 10.9. The second-order valence-electron chi connectivity index (χ2n) is 9.19. The second kappa shape index (κ2) is 9.04. The molecule has 2 saturated heterocycles. The van der Waals surface area contributed by atoms with Gasteiger partial charge in [-0.15, -0.1) is 0 Å². The molecule has 0 spiro atoms. The molecule has 0 saturated carbocycles. The van der Waals surface area contributed by atoms with Crippen LogP contribution in [-0.2, 0) is 32.5 Å². The standard InChI is InChI=1S/C24H26N4O6S/c29-23-15-19(16-27(23)21-5-4-17-2-1-3-18(17)14-21)24(30)25-10-12-26(13-11-25)35(33,34)22-8-6-20(7-9-22)28(31)32/h4-9,14,19H,1-3,10-13,15-16H2. The molecule has 1 aliphatic carbocycles. The summed E-state index contributed by atoms with van der Waals surface area (Å²) in [6.07, 6.45) is 3.36. The molecule has 184 valence electrons. The molecule has 35 heavy (non-hydrogen) atoms. The predicted molar refractivity (Wildman–Crippen MR) is 127 cm³/mol. The molecule has 2 aliphatic heterocycles. The molecule has 10 nitrogen and oxygen atoms in total. The van der Waals surface area contributed by atoms with Crippen LogP contribution in [0.4, 0.5) is 11.4 Å². The molecule has 2 aromatic rings. The number of anilines is 1. The molecular weight excluding hydrogens is 472 g/mol. The van der Waals surface area contributed by atoms with Crippen LogP contribution in [-0.4, -0.2) is 67.1 Å². The molecule has 2 fully saturated rings. The van der Waals surface area contributed by atoms with E-state index in [1.165, 1.54) is 27.6 Å². The Hall–Kier alpha value is -3.31. The zero-order valence-electron chi connectivity index (χ0n) is 19.1. The minimum Gasteiger partial charge on any atom is -0.340 e. The Balaban J connectivity index is 1.21. The van der Waals surface area contributed by atoms with Crippen LogP contribution in [0, 0.1) is 16.0 Å². The Labute approximate surface area is 203 Å². The summed E-state index contributed by atoms with van der Waals surface area (Å²) in [5, 5.41) is 10.8. The van der Waals surface area contributed by atoms with Gasteiger partial charge in [-0.3, -0.25) is 19.7 Å². The van der Waals surface area contributed by atoms with E-state index in [1.807, 2.05) is 6.07 Å². The number of nitro groups is 1. The summed E-state index contributed by atoms with van der Waals surface area (Å²) >= 11 is 0. The molecule has 0 aromatic heterocycles. The number of fused-ring (bicyclic) bond motifs is 1. The Morgan fingerprint density at radius 2 is 1.66 bits per heavy atom. The average molecular weight is 499 g/mol. The van der Waals surface area contributed by atoms with Crippen LogP contribution < -0.4 is 4.90 Å². The number of non-ortho nitro benzene ring substituents is 1. The van der Waals surface area contributed by atoms with E-state index in [9.17, 15) is 28.1 Å². The number of nitro benzene ring substituents is 1. The molecule has 5 rings (SSSR count). The highest BCUT2D eigenvalue weighted by Gasteiger charge is 2.39. The SMILES string of the molecule is O=C(C1CC(=O)N(c2ccc3c(c2)CCC3)C1)N1CCN(S(=O)(=O)c2ccc([N+](=O)[O-])cc2)CC1. The topological polar surface area (TPSA) is 121 Å². The van der Waals surface area contributed by atoms with E-state index in [1.54, 1.807) is 9.80 Å². The van der Waals surface area contributed by atoms with Gasteiger partial charge < -0.3 is 9.80 Å². The van der Waals surface area contributed by atoms with E-state index >= 15 is 0 Å². The number of carbonyl (C=O) groups excluding carboxylic acids is 2. The van der Waals surface area contributed by atoms with Gasteiger partial charge in [-0.25, -0.2) is 8.42 Å². The van der Waals surface area contributed by atoms with Crippen LogP contribution in [0.25, 0.3) is 0 Å². The summed E-state index contributed by atoms with van der Waals surface area (Å²) < 4.78 is 27.1. The summed E-state index contributed by atoms with van der Waals surface area (Å²) in [6.45, 7) is 1.04. The van der Waals surface area contributed by atoms with Gasteiger partial charge in [0.05, 0.1) is 15.7 Å². The van der Waals surface area contributed by atoms with E-state index < -0.39 is 20.9 Å². The third-order valence-corrected chi connectivity index (χ3v) is 9.02. The summed E-state index contributed by atoms with van der Waals surface area (Å²) in [5.41, 5.74) is 3.26. The van der Waals surface area contributed by atoms with E-state index in [0.29, 0.717) is 6.54 Å². The first-order valence-corrected chi connectivity index (χ1v) is 13.1. The van der Waals surface area contributed by atoms with Crippen molar-refractivity contribution in [3.63, 3.8) is 0 Å². The molecule has 0 N–H and O–H groups in total. The first-order valence-electron chi connectivity index (χ1n) is 11.7. The van der Waals surface area contributed by atoms with Crippen LogP contribution in [0.2, 0.25) is 0 Å². The minimum absolute atomic E-state index is 0.0192. The number of aryl methyl sites for hydroxylation is 2. The van der Waals surface area contributed by atoms with E-state index in [4.69, 9.17) is 0 Å². The van der Waals surface area contributed by atoms with Gasteiger partial charge in [0.15, 0.2) is 0 Å². The number of nitrogens with zero attached hydrogens (tertiary/aromatic N) is 4. The number of hydrogen-bond donors (Lipinski definition) is 0. The zero-order chi connectivity index (χ0) is 24.7. The Morgan fingerprint density at radius 3 is 2.34 bits per heavy atom. The van der Waals surface area contributed by atoms with Crippen molar-refractivity contribution in [3.05, 3.63) is 63.7 Å². The van der Waals surface area contributed by atoms with E-state index in [-0.39, 0.29) is 55.0 Å². The quantitative estimate of drug-likeness (QED) is 0.459. The van der Waals surface area contributed by atoms with Crippen LogP contribution in [0.1, 0.15) is 24.0 Å². The minimum atomic E-state index is -3.82. The largest absolute Gasteiger partial charge is 0.340 e. The average Bonchev–Trinajstić information content (AvgIpc) is 3.49. The van der Waals surface area contributed by atoms with Crippen molar-refractivity contribution in [2.24, 2.45) is 5.92 Å². The monoisotopic (exact) mass is 498 g/mol. The summed E-state index contributed by atoms with van der Waals surface area (Å²) in [5.74, 6) is -0.649. The molecule has 1 unspecified atom stereocenters. The lowest BCUT2D eigenvalue weighted by Gasteiger charge is -2.35. The molecule has 2 aromatic carbocycles. The normalized spacial score (nSPS) is 20.8. The van der Waals surface area contributed by atoms with Gasteiger partial charge in [-0.1, -0.05) is 6.07 Å². The molecule has 1 atom stereocenters. The van der Waals surface area contributed by atoms with Crippen molar-refractivity contribution in [2.45, 2.75) is 30.6 Å². The van der Waals surface area contributed by atoms with Gasteiger partial charge in [0.1, 0.15) is 0 Å². The van der Waals surface area contributed by atoms with Crippen molar-refractivity contribution in [1.29, 1.82) is 0 Å². The molecule has 0 radical (unpaired) electrons. The zero-order valence-corrected chi connectivity index (χ0v) is 19.9. The van der Waals surface area contributed by atoms with Crippen LogP contribution >= 0.6 is 0 Å². The third kappa shape index (κ3) is 4.41. The fourth-order valence-corrected chi connectivity index (χ4v) is 6.57. The van der Waals surface area contributed by atoms with Crippen LogP contribution in [0.5, 0.6) is 0 Å². The van der Waals surface area contributed by atoms with Crippen LogP contribution in [0.15, 0.2) is 47.4 Å². The molecule has 2 amide bonds. The number of piperazine rings is 1. The Kier molecular flexibility index (Phi) is 6.06. The maximum absolute atomic E-state index is 13.2. The predicted octanol–water partition coefficient (Wildman–Crippen LogP) is 1.97. The van der Waals surface area contributed by atoms with Crippen molar-refractivity contribution in [2.75, 3.05) is 37.6 Å². The highest BCUT2D eigenvalue weighted by atomic mass is 32.2. The van der Waals surface area contributed by atoms with Gasteiger partial charge in [0, 0.05) is 57.0 Å². The molecular formula is C24H26N4O6S. The van der Waals surface area contributed by atoms with Gasteiger partial charge in [0.2, 0.25) is 21.8 Å². The second-order valence-corrected chi connectivity index (χ2v) is 11.1. The number of carbonyl (C=O) groups is 2. The number of amides is 2. The third-order valence-electron chi connectivity index (χ3n) is 7.10. The highest BCUT2D eigenvalue weighted by molar-refractivity contribution is 7.89. The maximum atomic E-state index is 13.2. The first kappa shape index (κ1) is 23.4. The maximum Gasteiger partial charge on any atom is 0.269 e. The van der Waals surface area contributed by atoms with Gasteiger partial charge >= 0.3 is 0 Å². The van der Waals surface area contributed by atoms with Crippen molar-refractivity contribution in [3.8, 4) is 0 Å². The van der Waals surface area contributed by atoms with Crippen LogP contribution in [0.3, 0.4) is 0 Å². The highest BCUT2D eigenvalue weighted by Crippen LogP contribution is 2.31. The van der Waals surface area contributed by atoms with Gasteiger partial charge in [-0.05, 0) is 54.7 Å². The fourth-order valence-electron chi connectivity index (χ4n) is 5.14. The van der Waals surface area contributed by atoms with E-state index in [0.717, 1.165) is 37.1 Å². The van der Waals surface area contributed by atoms with Crippen molar-refractivity contribution in [1.82, 2.24) is 9.21 Å². The first-order chi connectivity index (χ1) is 16.7. The fraction of sp³-hybridized carbons (Fsp3) is 0.417. The number of benzene rings is 2. The van der Waals surface area contributed by atoms with Crippen molar-refractivity contribution >= 4 is 33.2 Å². The number of hydrogen-bond acceptors (Lipinski definition) is 6. The number of rotatable bonds is 5. The molecule has 11 heteroatoms. The lowest BCUT2D eigenvalue weighted by atomic mass is 10.1. The smallest absolute Gasteiger partial charge is 0.269 e. The lowest BCUT2D eigenvalue weighted by Crippen LogP contribution is -2.52. The van der Waals surface area contributed by atoms with Crippen molar-refractivity contribution < 1.29 is 22.9 Å².